The Bertz CT molecular complexity index is 1290. The predicted octanol–water partition coefficient (Wildman–Crippen LogP) is 6.52. The zero-order valence-electron chi connectivity index (χ0n) is 20.9. The average Bonchev–Trinajstić information content (AvgIpc) is 3.22. The van der Waals surface area contributed by atoms with Gasteiger partial charge in [0.15, 0.2) is 0 Å². The second-order valence-electron chi connectivity index (χ2n) is 10.8. The van der Waals surface area contributed by atoms with E-state index in [9.17, 15) is 14.7 Å². The van der Waals surface area contributed by atoms with Gasteiger partial charge in [-0.3, -0.25) is 4.79 Å². The minimum absolute atomic E-state index is 0. The van der Waals surface area contributed by atoms with Crippen LogP contribution in [0.3, 0.4) is 0 Å². The lowest BCUT2D eigenvalue weighted by Crippen LogP contribution is -2.58. The zero-order valence-corrected chi connectivity index (χ0v) is 22.6. The Hall–Kier alpha value is -2.61. The van der Waals surface area contributed by atoms with Gasteiger partial charge in [-0.2, -0.15) is 0 Å². The number of nitrogens with one attached hydrogen (secondary N) is 2. The van der Waals surface area contributed by atoms with E-state index in [1.807, 2.05) is 18.2 Å². The molecule has 4 aliphatic carbocycles. The molecule has 1 amide bonds. The van der Waals surface area contributed by atoms with Crippen LogP contribution >= 0.6 is 23.7 Å². The molecule has 4 fully saturated rings. The summed E-state index contributed by atoms with van der Waals surface area (Å²) < 4.78 is 5.89. The molecule has 2 aromatic carbocycles. The highest BCUT2D eigenvalue weighted by molar-refractivity contribution is 7.24. The summed E-state index contributed by atoms with van der Waals surface area (Å²) in [6.07, 6.45) is 7.89. The molecule has 0 unspecified atom stereocenters. The SMILES string of the molecule is CCOC(=O)c1c(NC(=O)c2ccccc2)sc2c(O)c(CNC34CC5CC(CC(C5)C3)C4)ccc12.Cl. The van der Waals surface area contributed by atoms with Crippen LogP contribution < -0.4 is 10.6 Å². The van der Waals surface area contributed by atoms with Crippen LogP contribution in [-0.4, -0.2) is 29.1 Å². The Labute approximate surface area is 227 Å². The van der Waals surface area contributed by atoms with Crippen LogP contribution in [0.4, 0.5) is 5.00 Å². The van der Waals surface area contributed by atoms with Crippen molar-refractivity contribution in [1.29, 1.82) is 0 Å². The Morgan fingerprint density at radius 1 is 1.03 bits per heavy atom. The number of carbonyl (C=O) groups excluding carboxylic acids is 2. The first kappa shape index (κ1) is 26.0. The van der Waals surface area contributed by atoms with E-state index >= 15 is 0 Å². The number of esters is 1. The molecule has 196 valence electrons. The van der Waals surface area contributed by atoms with E-state index in [1.54, 1.807) is 31.2 Å². The third kappa shape index (κ3) is 4.85. The number of halogens is 1. The van der Waals surface area contributed by atoms with Gasteiger partial charge in [-0.25, -0.2) is 4.79 Å². The quantitative estimate of drug-likeness (QED) is 0.297. The lowest BCUT2D eigenvalue weighted by atomic mass is 9.53. The first-order valence-corrected chi connectivity index (χ1v) is 13.8. The molecule has 4 bridgehead atoms. The smallest absolute Gasteiger partial charge is 0.341 e. The average molecular weight is 541 g/mol. The lowest BCUT2D eigenvalue weighted by Gasteiger charge is -2.57. The molecule has 37 heavy (non-hydrogen) atoms. The predicted molar refractivity (Wildman–Crippen MR) is 149 cm³/mol. The van der Waals surface area contributed by atoms with Gasteiger partial charge < -0.3 is 20.5 Å². The molecule has 3 N–H and O–H groups in total. The van der Waals surface area contributed by atoms with Crippen molar-refractivity contribution in [1.82, 2.24) is 5.32 Å². The van der Waals surface area contributed by atoms with E-state index in [2.05, 4.69) is 10.6 Å². The van der Waals surface area contributed by atoms with Crippen molar-refractivity contribution in [2.45, 2.75) is 57.5 Å². The molecule has 7 rings (SSSR count). The molecule has 0 saturated heterocycles. The lowest BCUT2D eigenvalue weighted by molar-refractivity contribution is -0.0206. The summed E-state index contributed by atoms with van der Waals surface area (Å²) in [4.78, 5) is 25.7. The number of amides is 1. The van der Waals surface area contributed by atoms with Gasteiger partial charge in [-0.1, -0.05) is 30.3 Å². The monoisotopic (exact) mass is 540 g/mol. The summed E-state index contributed by atoms with van der Waals surface area (Å²) in [7, 11) is 0. The van der Waals surface area contributed by atoms with Gasteiger partial charge in [-0.05, 0) is 75.3 Å². The Kier molecular flexibility index (Phi) is 7.22. The molecule has 0 atom stereocenters. The summed E-state index contributed by atoms with van der Waals surface area (Å²) >= 11 is 1.22. The Morgan fingerprint density at radius 3 is 2.30 bits per heavy atom. The second-order valence-corrected chi connectivity index (χ2v) is 11.9. The molecule has 8 heteroatoms. The molecular formula is C29H33ClN2O4S. The van der Waals surface area contributed by atoms with E-state index < -0.39 is 5.97 Å². The van der Waals surface area contributed by atoms with E-state index in [0.717, 1.165) is 23.3 Å². The fourth-order valence-electron chi connectivity index (χ4n) is 7.20. The number of phenols is 1. The number of rotatable bonds is 7. The molecule has 0 aliphatic heterocycles. The van der Waals surface area contributed by atoms with Gasteiger partial charge >= 0.3 is 5.97 Å². The fraction of sp³-hybridized carbons (Fsp3) is 0.448. The van der Waals surface area contributed by atoms with Crippen molar-refractivity contribution in [3.05, 3.63) is 59.2 Å². The molecule has 4 saturated carbocycles. The summed E-state index contributed by atoms with van der Waals surface area (Å²) in [5, 5.41) is 19.0. The molecule has 0 radical (unpaired) electrons. The van der Waals surface area contributed by atoms with E-state index in [1.165, 1.54) is 49.9 Å². The van der Waals surface area contributed by atoms with Gasteiger partial charge in [0.05, 0.1) is 11.3 Å². The number of anilines is 1. The number of hydrogen-bond acceptors (Lipinski definition) is 6. The fourth-order valence-corrected chi connectivity index (χ4v) is 8.35. The first-order valence-electron chi connectivity index (χ1n) is 13.0. The van der Waals surface area contributed by atoms with Crippen LogP contribution in [0.2, 0.25) is 0 Å². The molecule has 3 aromatic rings. The van der Waals surface area contributed by atoms with Crippen molar-refractivity contribution in [2.24, 2.45) is 17.8 Å². The molecule has 4 aliphatic rings. The Morgan fingerprint density at radius 2 is 1.68 bits per heavy atom. The maximum absolute atomic E-state index is 12.9. The number of thiophene rings is 1. The Balaban J connectivity index is 0.00000280. The number of hydrogen-bond donors (Lipinski definition) is 3. The van der Waals surface area contributed by atoms with Crippen molar-refractivity contribution < 1.29 is 19.4 Å². The van der Waals surface area contributed by atoms with Crippen LogP contribution in [0.1, 0.15) is 71.7 Å². The van der Waals surface area contributed by atoms with E-state index in [-0.39, 0.29) is 41.8 Å². The van der Waals surface area contributed by atoms with Crippen LogP contribution in [0.15, 0.2) is 42.5 Å². The van der Waals surface area contributed by atoms with Crippen LogP contribution in [0, 0.1) is 17.8 Å². The normalized spacial score (nSPS) is 25.6. The standard InChI is InChI=1S/C29H32N2O4S.ClH/c1-2-35-28(34)23-22-9-8-21(16-30-29-13-17-10-18(14-29)12-19(11-17)15-29)24(32)25(22)36-27(23)31-26(33)20-6-4-3-5-7-20;/h3-9,17-19,30,32H,2,10-16H2,1H3,(H,31,33);1H. The largest absolute Gasteiger partial charge is 0.506 e. The number of aromatic hydroxyl groups is 1. The first-order chi connectivity index (χ1) is 17.4. The highest BCUT2D eigenvalue weighted by Crippen LogP contribution is 2.55. The van der Waals surface area contributed by atoms with Crippen molar-refractivity contribution in [3.63, 3.8) is 0 Å². The zero-order chi connectivity index (χ0) is 24.9. The van der Waals surface area contributed by atoms with Crippen LogP contribution in [0.5, 0.6) is 5.75 Å². The minimum atomic E-state index is -0.508. The van der Waals surface area contributed by atoms with Gasteiger partial charge in [0.1, 0.15) is 16.3 Å². The maximum Gasteiger partial charge on any atom is 0.341 e. The third-order valence-corrected chi connectivity index (χ3v) is 9.48. The highest BCUT2D eigenvalue weighted by Gasteiger charge is 2.50. The minimum Gasteiger partial charge on any atom is -0.506 e. The maximum atomic E-state index is 12.9. The molecule has 6 nitrogen and oxygen atoms in total. The van der Waals surface area contributed by atoms with Gasteiger partial charge in [-0.15, -0.1) is 23.7 Å². The van der Waals surface area contributed by atoms with Gasteiger partial charge in [0.2, 0.25) is 0 Å². The summed E-state index contributed by atoms with van der Waals surface area (Å²) in [5.41, 5.74) is 1.79. The number of carbonyl (C=O) groups is 2. The van der Waals surface area contributed by atoms with Crippen molar-refractivity contribution >= 4 is 50.7 Å². The van der Waals surface area contributed by atoms with Crippen LogP contribution in [-0.2, 0) is 11.3 Å². The van der Waals surface area contributed by atoms with Gasteiger partial charge in [0.25, 0.3) is 5.91 Å². The summed E-state index contributed by atoms with van der Waals surface area (Å²) in [6, 6.07) is 12.6. The highest BCUT2D eigenvalue weighted by atomic mass is 35.5. The number of ether oxygens (including phenoxy) is 1. The number of fused-ring (bicyclic) bond motifs is 1. The molecule has 1 aromatic heterocycles. The topological polar surface area (TPSA) is 87.7 Å². The van der Waals surface area contributed by atoms with Crippen LogP contribution in [0.25, 0.3) is 10.1 Å². The third-order valence-electron chi connectivity index (χ3n) is 8.35. The molecule has 1 heterocycles. The van der Waals surface area contributed by atoms with E-state index in [4.69, 9.17) is 4.74 Å². The summed E-state index contributed by atoms with van der Waals surface area (Å²) in [5.74, 6) is 1.89. The van der Waals surface area contributed by atoms with Crippen molar-refractivity contribution in [3.8, 4) is 5.75 Å². The number of phenolic OH excluding ortho intramolecular Hbond substituents is 1. The van der Waals surface area contributed by atoms with E-state index in [0.29, 0.717) is 27.2 Å². The molecule has 0 spiro atoms. The second kappa shape index (κ2) is 10.3. The number of benzene rings is 2. The molecular weight excluding hydrogens is 508 g/mol. The summed E-state index contributed by atoms with van der Waals surface area (Å²) in [6.45, 7) is 2.56. The van der Waals surface area contributed by atoms with Crippen molar-refractivity contribution in [2.75, 3.05) is 11.9 Å². The van der Waals surface area contributed by atoms with Gasteiger partial charge in [0, 0.05) is 28.6 Å².